The molecular weight excluding hydrogens is 260 g/mol. The van der Waals surface area contributed by atoms with Gasteiger partial charge in [0.15, 0.2) is 0 Å². The van der Waals surface area contributed by atoms with Crippen LogP contribution in [-0.4, -0.2) is 16.1 Å². The minimum absolute atomic E-state index is 0.144. The summed E-state index contributed by atoms with van der Waals surface area (Å²) in [5, 5.41) is 14.0. The zero-order valence-electron chi connectivity index (χ0n) is 10.3. The Morgan fingerprint density at radius 1 is 1.37 bits per heavy atom. The van der Waals surface area contributed by atoms with Gasteiger partial charge in [0.1, 0.15) is 0 Å². The van der Waals surface area contributed by atoms with Crippen molar-refractivity contribution in [2.45, 2.75) is 25.8 Å². The van der Waals surface area contributed by atoms with Crippen molar-refractivity contribution in [1.82, 2.24) is 4.98 Å². The Balaban J connectivity index is 1.67. The van der Waals surface area contributed by atoms with Gasteiger partial charge < -0.3 is 10.4 Å². The number of aromatic nitrogens is 1. The summed E-state index contributed by atoms with van der Waals surface area (Å²) < 4.78 is 0. The standard InChI is InChI=1S/C14H14N2O2S/c17-14(18)13-16-12(8-19-13)7-15-11-5-4-9-2-1-3-10(9)6-11/h4-6,8,15H,1-3,7H2,(H,17,18). The van der Waals surface area contributed by atoms with Crippen molar-refractivity contribution in [1.29, 1.82) is 0 Å². The molecule has 0 atom stereocenters. The van der Waals surface area contributed by atoms with Crippen LogP contribution in [0.2, 0.25) is 0 Å². The van der Waals surface area contributed by atoms with Gasteiger partial charge in [-0.25, -0.2) is 9.78 Å². The molecule has 1 heterocycles. The number of aromatic carboxylic acids is 1. The lowest BCUT2D eigenvalue weighted by Crippen LogP contribution is -2.02. The van der Waals surface area contributed by atoms with E-state index in [-0.39, 0.29) is 5.01 Å². The van der Waals surface area contributed by atoms with E-state index in [2.05, 4.69) is 28.5 Å². The van der Waals surface area contributed by atoms with Crippen LogP contribution >= 0.6 is 11.3 Å². The fourth-order valence-corrected chi connectivity index (χ4v) is 3.02. The van der Waals surface area contributed by atoms with Gasteiger partial charge in [-0.1, -0.05) is 6.07 Å². The molecule has 4 nitrogen and oxygen atoms in total. The number of carboxylic acid groups (broad SMARTS) is 1. The van der Waals surface area contributed by atoms with Gasteiger partial charge in [-0.2, -0.15) is 0 Å². The number of nitrogens with zero attached hydrogens (tertiary/aromatic N) is 1. The number of thiazole rings is 1. The van der Waals surface area contributed by atoms with E-state index in [0.717, 1.165) is 29.1 Å². The van der Waals surface area contributed by atoms with Gasteiger partial charge in [-0.05, 0) is 42.5 Å². The molecule has 0 saturated carbocycles. The molecule has 2 N–H and O–H groups in total. The second-order valence-electron chi connectivity index (χ2n) is 4.64. The van der Waals surface area contributed by atoms with Crippen molar-refractivity contribution in [3.05, 3.63) is 45.4 Å². The second-order valence-corrected chi connectivity index (χ2v) is 5.50. The Hall–Kier alpha value is -1.88. The van der Waals surface area contributed by atoms with Crippen LogP contribution in [0.25, 0.3) is 0 Å². The van der Waals surface area contributed by atoms with Crippen LogP contribution in [0.1, 0.15) is 33.0 Å². The number of aryl methyl sites for hydroxylation is 2. The quantitative estimate of drug-likeness (QED) is 0.899. The molecule has 2 aromatic rings. The normalized spacial score (nSPS) is 13.3. The van der Waals surface area contributed by atoms with E-state index in [1.807, 2.05) is 0 Å². The van der Waals surface area contributed by atoms with Crippen LogP contribution in [0.3, 0.4) is 0 Å². The van der Waals surface area contributed by atoms with Crippen LogP contribution < -0.4 is 5.32 Å². The van der Waals surface area contributed by atoms with Crippen molar-refractivity contribution in [2.24, 2.45) is 0 Å². The lowest BCUT2D eigenvalue weighted by atomic mass is 10.1. The SMILES string of the molecule is O=C(O)c1nc(CNc2ccc3c(c2)CCC3)cs1. The van der Waals surface area contributed by atoms with Crippen LogP contribution in [0, 0.1) is 0 Å². The smallest absolute Gasteiger partial charge is 0.365 e. The first kappa shape index (κ1) is 12.2. The van der Waals surface area contributed by atoms with E-state index < -0.39 is 5.97 Å². The number of hydrogen-bond donors (Lipinski definition) is 2. The largest absolute Gasteiger partial charge is 0.476 e. The average Bonchev–Trinajstić information content (AvgIpc) is 3.04. The highest BCUT2D eigenvalue weighted by atomic mass is 32.1. The maximum Gasteiger partial charge on any atom is 0.365 e. The molecule has 98 valence electrons. The van der Waals surface area contributed by atoms with E-state index in [9.17, 15) is 4.79 Å². The third kappa shape index (κ3) is 2.61. The number of rotatable bonds is 4. The lowest BCUT2D eigenvalue weighted by molar-refractivity contribution is 0.0696. The molecule has 0 bridgehead atoms. The summed E-state index contributed by atoms with van der Waals surface area (Å²) in [7, 11) is 0. The van der Waals surface area contributed by atoms with Crippen LogP contribution in [-0.2, 0) is 19.4 Å². The fraction of sp³-hybridized carbons (Fsp3) is 0.286. The molecule has 0 aliphatic heterocycles. The van der Waals surface area contributed by atoms with Crippen molar-refractivity contribution in [3.8, 4) is 0 Å². The topological polar surface area (TPSA) is 62.2 Å². The van der Waals surface area contributed by atoms with Crippen molar-refractivity contribution < 1.29 is 9.90 Å². The molecule has 0 radical (unpaired) electrons. The predicted octanol–water partition coefficient (Wildman–Crippen LogP) is 2.94. The van der Waals surface area contributed by atoms with Gasteiger partial charge in [0.25, 0.3) is 0 Å². The van der Waals surface area contributed by atoms with Gasteiger partial charge in [0.2, 0.25) is 5.01 Å². The highest BCUT2D eigenvalue weighted by Gasteiger charge is 2.11. The van der Waals surface area contributed by atoms with Gasteiger partial charge in [-0.15, -0.1) is 11.3 Å². The van der Waals surface area contributed by atoms with E-state index in [1.165, 1.54) is 24.0 Å². The monoisotopic (exact) mass is 274 g/mol. The number of carboxylic acids is 1. The van der Waals surface area contributed by atoms with Gasteiger partial charge in [0.05, 0.1) is 12.2 Å². The first-order valence-corrected chi connectivity index (χ1v) is 7.14. The molecule has 3 rings (SSSR count). The molecule has 0 saturated heterocycles. The minimum Gasteiger partial charge on any atom is -0.476 e. The number of carbonyl (C=O) groups is 1. The molecule has 0 unspecified atom stereocenters. The van der Waals surface area contributed by atoms with E-state index in [4.69, 9.17) is 5.11 Å². The third-order valence-electron chi connectivity index (χ3n) is 3.31. The van der Waals surface area contributed by atoms with Crippen LogP contribution in [0.15, 0.2) is 23.6 Å². The van der Waals surface area contributed by atoms with Gasteiger partial charge in [-0.3, -0.25) is 0 Å². The third-order valence-corrected chi connectivity index (χ3v) is 4.19. The first-order chi connectivity index (χ1) is 9.22. The van der Waals surface area contributed by atoms with Crippen molar-refractivity contribution >= 4 is 23.0 Å². The molecule has 1 aromatic carbocycles. The maximum atomic E-state index is 10.7. The molecule has 1 aliphatic rings. The molecule has 0 spiro atoms. The van der Waals surface area contributed by atoms with Crippen LogP contribution in [0.5, 0.6) is 0 Å². The van der Waals surface area contributed by atoms with Crippen molar-refractivity contribution in [2.75, 3.05) is 5.32 Å². The summed E-state index contributed by atoms with van der Waals surface area (Å²) in [4.78, 5) is 14.8. The Morgan fingerprint density at radius 2 is 2.21 bits per heavy atom. The maximum absolute atomic E-state index is 10.7. The molecule has 1 aromatic heterocycles. The highest BCUT2D eigenvalue weighted by molar-refractivity contribution is 7.11. The van der Waals surface area contributed by atoms with Crippen molar-refractivity contribution in [3.63, 3.8) is 0 Å². The summed E-state index contributed by atoms with van der Waals surface area (Å²) in [5.41, 5.74) is 4.72. The van der Waals surface area contributed by atoms with Gasteiger partial charge >= 0.3 is 5.97 Å². The van der Waals surface area contributed by atoms with E-state index >= 15 is 0 Å². The fourth-order valence-electron chi connectivity index (χ4n) is 2.36. The summed E-state index contributed by atoms with van der Waals surface area (Å²) in [5.74, 6) is -0.964. The Bertz CT molecular complexity index is 622. The predicted molar refractivity (Wildman–Crippen MR) is 74.9 cm³/mol. The zero-order valence-corrected chi connectivity index (χ0v) is 11.2. The molecule has 19 heavy (non-hydrogen) atoms. The molecular formula is C14H14N2O2S. The van der Waals surface area contributed by atoms with Gasteiger partial charge in [0, 0.05) is 11.1 Å². The summed E-state index contributed by atoms with van der Waals surface area (Å²) in [6.45, 7) is 0.558. The molecule has 5 heteroatoms. The molecule has 1 aliphatic carbocycles. The number of nitrogens with one attached hydrogen (secondary N) is 1. The van der Waals surface area contributed by atoms with E-state index in [0.29, 0.717) is 6.54 Å². The lowest BCUT2D eigenvalue weighted by Gasteiger charge is -2.07. The minimum atomic E-state index is -0.964. The Morgan fingerprint density at radius 3 is 3.00 bits per heavy atom. The Labute approximate surface area is 115 Å². The average molecular weight is 274 g/mol. The summed E-state index contributed by atoms with van der Waals surface area (Å²) in [6, 6.07) is 6.44. The first-order valence-electron chi connectivity index (χ1n) is 6.26. The molecule has 0 amide bonds. The van der Waals surface area contributed by atoms with E-state index in [1.54, 1.807) is 5.38 Å². The second kappa shape index (κ2) is 5.01. The number of benzene rings is 1. The zero-order chi connectivity index (χ0) is 13.2. The Kier molecular flexibility index (Phi) is 3.21. The summed E-state index contributed by atoms with van der Waals surface area (Å²) >= 11 is 1.16. The number of hydrogen-bond acceptors (Lipinski definition) is 4. The highest BCUT2D eigenvalue weighted by Crippen LogP contribution is 2.25. The van der Waals surface area contributed by atoms with Crippen LogP contribution in [0.4, 0.5) is 5.69 Å². The number of anilines is 1. The summed E-state index contributed by atoms with van der Waals surface area (Å²) in [6.07, 6.45) is 3.58. The molecule has 0 fully saturated rings. The number of fused-ring (bicyclic) bond motifs is 1.